The maximum Gasteiger partial charge on any atom is 0.168 e. The van der Waals surface area contributed by atoms with E-state index in [1.165, 1.54) is 0 Å². The predicted molar refractivity (Wildman–Crippen MR) is 51.8 cm³/mol. The smallest absolute Gasteiger partial charge is 0.168 e. The molecule has 0 aliphatic heterocycles. The molecule has 0 spiro atoms. The number of carbonyl (C=O) groups excluding carboxylic acids is 1. The van der Waals surface area contributed by atoms with Crippen molar-refractivity contribution in [3.05, 3.63) is 36.2 Å². The van der Waals surface area contributed by atoms with Gasteiger partial charge in [-0.25, -0.2) is 4.98 Å². The van der Waals surface area contributed by atoms with E-state index in [1.54, 1.807) is 23.0 Å². The van der Waals surface area contributed by atoms with Crippen molar-refractivity contribution in [1.29, 1.82) is 0 Å². The zero-order chi connectivity index (χ0) is 9.97. The summed E-state index contributed by atoms with van der Waals surface area (Å²) in [7, 11) is 1.84. The molecular weight excluding hydrogens is 178 g/mol. The number of pyridine rings is 1. The van der Waals surface area contributed by atoms with Crippen LogP contribution in [0.1, 0.15) is 10.5 Å². The third kappa shape index (κ3) is 1.42. The van der Waals surface area contributed by atoms with Gasteiger partial charge in [-0.1, -0.05) is 6.07 Å². The van der Waals surface area contributed by atoms with Gasteiger partial charge in [-0.15, -0.1) is 0 Å². The van der Waals surface area contributed by atoms with Crippen molar-refractivity contribution >= 4 is 6.29 Å². The van der Waals surface area contributed by atoms with Gasteiger partial charge in [-0.2, -0.15) is 5.10 Å². The largest absolute Gasteiger partial charge is 0.296 e. The van der Waals surface area contributed by atoms with Crippen LogP contribution in [0.25, 0.3) is 11.4 Å². The summed E-state index contributed by atoms with van der Waals surface area (Å²) in [6.45, 7) is 0. The zero-order valence-corrected chi connectivity index (χ0v) is 7.71. The topological polar surface area (TPSA) is 47.8 Å². The molecule has 2 aromatic heterocycles. The van der Waals surface area contributed by atoms with Crippen molar-refractivity contribution < 1.29 is 4.79 Å². The molecule has 0 saturated heterocycles. The minimum Gasteiger partial charge on any atom is -0.296 e. The summed E-state index contributed by atoms with van der Waals surface area (Å²) in [6, 6.07) is 7.19. The lowest BCUT2D eigenvalue weighted by Gasteiger charge is -2.00. The fourth-order valence-corrected chi connectivity index (χ4v) is 1.28. The highest BCUT2D eigenvalue weighted by atomic mass is 16.1. The van der Waals surface area contributed by atoms with Crippen LogP contribution in [0.3, 0.4) is 0 Å². The Morgan fingerprint density at radius 2 is 2.21 bits per heavy atom. The lowest BCUT2D eigenvalue weighted by atomic mass is 10.2. The van der Waals surface area contributed by atoms with Crippen molar-refractivity contribution in [3.8, 4) is 11.4 Å². The van der Waals surface area contributed by atoms with Crippen molar-refractivity contribution in [2.24, 2.45) is 7.05 Å². The molecule has 0 saturated carbocycles. The van der Waals surface area contributed by atoms with Gasteiger partial charge in [0.25, 0.3) is 0 Å². The van der Waals surface area contributed by atoms with E-state index < -0.39 is 0 Å². The standard InChI is InChI=1S/C10H9N3O/c1-13-10(5-6-11-13)9-4-2-3-8(7-14)12-9/h2-7H,1H3. The SMILES string of the molecule is Cn1nccc1-c1cccc(C=O)n1. The van der Waals surface area contributed by atoms with Crippen LogP contribution in [0.15, 0.2) is 30.5 Å². The Bertz CT molecular complexity index is 462. The van der Waals surface area contributed by atoms with Gasteiger partial charge in [0.2, 0.25) is 0 Å². The van der Waals surface area contributed by atoms with Gasteiger partial charge in [0, 0.05) is 13.2 Å². The second-order valence-electron chi connectivity index (χ2n) is 2.91. The molecule has 0 bridgehead atoms. The number of hydrogen-bond acceptors (Lipinski definition) is 3. The first-order valence-electron chi connectivity index (χ1n) is 4.22. The molecule has 0 N–H and O–H groups in total. The molecule has 0 atom stereocenters. The Hall–Kier alpha value is -1.97. The fraction of sp³-hybridized carbons (Fsp3) is 0.100. The quantitative estimate of drug-likeness (QED) is 0.665. The molecule has 0 unspecified atom stereocenters. The van der Waals surface area contributed by atoms with Crippen molar-refractivity contribution in [1.82, 2.24) is 14.8 Å². The maximum atomic E-state index is 10.5. The third-order valence-electron chi connectivity index (χ3n) is 1.97. The van der Waals surface area contributed by atoms with Gasteiger partial charge >= 0.3 is 0 Å². The monoisotopic (exact) mass is 187 g/mol. The molecule has 0 aliphatic rings. The fourth-order valence-electron chi connectivity index (χ4n) is 1.28. The number of aldehydes is 1. The number of carbonyl (C=O) groups is 1. The van der Waals surface area contributed by atoms with Gasteiger partial charge in [-0.05, 0) is 18.2 Å². The highest BCUT2D eigenvalue weighted by Crippen LogP contribution is 2.14. The second kappa shape index (κ2) is 3.41. The molecule has 14 heavy (non-hydrogen) atoms. The Morgan fingerprint density at radius 3 is 2.86 bits per heavy atom. The number of hydrogen-bond donors (Lipinski definition) is 0. The van der Waals surface area contributed by atoms with E-state index in [4.69, 9.17) is 0 Å². The predicted octanol–water partition coefficient (Wildman–Crippen LogP) is 1.29. The number of aryl methyl sites for hydroxylation is 1. The average Bonchev–Trinajstić information content (AvgIpc) is 2.65. The summed E-state index contributed by atoms with van der Waals surface area (Å²) in [6.07, 6.45) is 2.43. The lowest BCUT2D eigenvalue weighted by Crippen LogP contribution is -1.96. The van der Waals surface area contributed by atoms with E-state index in [0.29, 0.717) is 5.69 Å². The Balaban J connectivity index is 2.52. The Morgan fingerprint density at radius 1 is 1.36 bits per heavy atom. The van der Waals surface area contributed by atoms with Gasteiger partial charge < -0.3 is 0 Å². The van der Waals surface area contributed by atoms with Crippen molar-refractivity contribution in [3.63, 3.8) is 0 Å². The van der Waals surface area contributed by atoms with E-state index in [0.717, 1.165) is 17.7 Å². The first-order valence-corrected chi connectivity index (χ1v) is 4.22. The maximum absolute atomic E-state index is 10.5. The molecular formula is C10H9N3O. The molecule has 70 valence electrons. The van der Waals surface area contributed by atoms with Gasteiger partial charge in [0.1, 0.15) is 5.69 Å². The van der Waals surface area contributed by atoms with Gasteiger partial charge in [0.05, 0.1) is 11.4 Å². The average molecular weight is 187 g/mol. The summed E-state index contributed by atoms with van der Waals surface area (Å²) in [5.41, 5.74) is 2.09. The normalized spacial score (nSPS) is 10.1. The highest BCUT2D eigenvalue weighted by molar-refractivity contribution is 5.73. The number of nitrogens with zero attached hydrogens (tertiary/aromatic N) is 3. The molecule has 0 amide bonds. The summed E-state index contributed by atoms with van der Waals surface area (Å²) in [5, 5.41) is 4.04. The van der Waals surface area contributed by atoms with Crippen LogP contribution in [-0.2, 0) is 7.05 Å². The zero-order valence-electron chi connectivity index (χ0n) is 7.71. The molecule has 2 aromatic rings. The summed E-state index contributed by atoms with van der Waals surface area (Å²) in [5.74, 6) is 0. The molecule has 4 nitrogen and oxygen atoms in total. The molecule has 0 fully saturated rings. The van der Waals surface area contributed by atoms with E-state index in [-0.39, 0.29) is 0 Å². The number of aromatic nitrogens is 3. The highest BCUT2D eigenvalue weighted by Gasteiger charge is 2.03. The first kappa shape index (κ1) is 8.62. The van der Waals surface area contributed by atoms with E-state index in [1.807, 2.05) is 19.2 Å². The lowest BCUT2D eigenvalue weighted by molar-refractivity contribution is 0.111. The minimum atomic E-state index is 0.434. The third-order valence-corrected chi connectivity index (χ3v) is 1.97. The van der Waals surface area contributed by atoms with E-state index in [2.05, 4.69) is 10.1 Å². The van der Waals surface area contributed by atoms with E-state index >= 15 is 0 Å². The minimum absolute atomic E-state index is 0.434. The molecule has 4 heteroatoms. The number of rotatable bonds is 2. The molecule has 0 radical (unpaired) electrons. The molecule has 0 aliphatic carbocycles. The summed E-state index contributed by atoms with van der Waals surface area (Å²) < 4.78 is 1.72. The summed E-state index contributed by atoms with van der Waals surface area (Å²) in [4.78, 5) is 14.7. The first-order chi connectivity index (χ1) is 6.81. The Labute approximate surface area is 81.2 Å². The molecule has 2 rings (SSSR count). The van der Waals surface area contributed by atoms with Crippen molar-refractivity contribution in [2.75, 3.05) is 0 Å². The van der Waals surface area contributed by atoms with Gasteiger partial charge in [0.15, 0.2) is 6.29 Å². The van der Waals surface area contributed by atoms with Crippen LogP contribution in [0.2, 0.25) is 0 Å². The second-order valence-corrected chi connectivity index (χ2v) is 2.91. The van der Waals surface area contributed by atoms with Gasteiger partial charge in [-0.3, -0.25) is 9.48 Å². The van der Waals surface area contributed by atoms with Crippen LogP contribution >= 0.6 is 0 Å². The molecule has 0 aromatic carbocycles. The van der Waals surface area contributed by atoms with Crippen LogP contribution in [0.4, 0.5) is 0 Å². The van der Waals surface area contributed by atoms with Crippen LogP contribution in [0, 0.1) is 0 Å². The Kier molecular flexibility index (Phi) is 2.10. The van der Waals surface area contributed by atoms with Crippen molar-refractivity contribution in [2.45, 2.75) is 0 Å². The van der Waals surface area contributed by atoms with E-state index in [9.17, 15) is 4.79 Å². The van der Waals surface area contributed by atoms with Crippen LogP contribution < -0.4 is 0 Å². The van der Waals surface area contributed by atoms with Crippen LogP contribution in [0.5, 0.6) is 0 Å². The molecule has 2 heterocycles. The van der Waals surface area contributed by atoms with Crippen LogP contribution in [-0.4, -0.2) is 21.1 Å². The summed E-state index contributed by atoms with van der Waals surface area (Å²) >= 11 is 0.